The molecule has 0 bridgehead atoms. The van der Waals surface area contributed by atoms with Crippen molar-refractivity contribution in [1.29, 1.82) is 0 Å². The van der Waals surface area contributed by atoms with E-state index in [9.17, 15) is 4.79 Å². The van der Waals surface area contributed by atoms with Gasteiger partial charge < -0.3 is 9.64 Å². The van der Waals surface area contributed by atoms with Crippen LogP contribution >= 0.6 is 11.6 Å². The van der Waals surface area contributed by atoms with E-state index in [1.807, 2.05) is 54.6 Å². The van der Waals surface area contributed by atoms with Gasteiger partial charge in [0.15, 0.2) is 0 Å². The van der Waals surface area contributed by atoms with Crippen LogP contribution in [0.25, 0.3) is 11.3 Å². The highest BCUT2D eigenvalue weighted by molar-refractivity contribution is 6.30. The number of aromatic nitrogens is 2. The normalized spacial score (nSPS) is 17.3. The van der Waals surface area contributed by atoms with Gasteiger partial charge in [-0.25, -0.2) is 0 Å². The van der Waals surface area contributed by atoms with Gasteiger partial charge >= 0.3 is 0 Å². The second-order valence-corrected chi connectivity index (χ2v) is 6.63. The summed E-state index contributed by atoms with van der Waals surface area (Å²) in [6.45, 7) is 1.56. The Morgan fingerprint density at radius 3 is 2.69 bits per heavy atom. The molecule has 1 saturated heterocycles. The number of carbonyl (C=O) groups is 1. The molecule has 132 valence electrons. The Bertz CT molecular complexity index is 893. The van der Waals surface area contributed by atoms with E-state index in [1.54, 1.807) is 11.0 Å². The van der Waals surface area contributed by atoms with Crippen molar-refractivity contribution in [3.8, 4) is 11.3 Å². The number of hydrogen-bond acceptors (Lipinski definition) is 3. The maximum absolute atomic E-state index is 12.9. The third-order valence-corrected chi connectivity index (χ3v) is 4.73. The molecule has 5 nitrogen and oxygen atoms in total. The first-order valence-corrected chi connectivity index (χ1v) is 8.86. The lowest BCUT2D eigenvalue weighted by molar-refractivity contribution is -0.0230. The van der Waals surface area contributed by atoms with E-state index in [0.717, 1.165) is 16.8 Å². The number of morpholine rings is 1. The fourth-order valence-electron chi connectivity index (χ4n) is 3.07. The van der Waals surface area contributed by atoms with Crippen molar-refractivity contribution in [3.63, 3.8) is 0 Å². The van der Waals surface area contributed by atoms with Crippen molar-refractivity contribution in [1.82, 2.24) is 15.1 Å². The van der Waals surface area contributed by atoms with E-state index in [2.05, 4.69) is 10.2 Å². The molecular weight excluding hydrogens is 350 g/mol. The zero-order valence-electron chi connectivity index (χ0n) is 14.1. The van der Waals surface area contributed by atoms with Crippen molar-refractivity contribution in [2.24, 2.45) is 0 Å². The molecule has 1 aliphatic rings. The fourth-order valence-corrected chi connectivity index (χ4v) is 3.20. The largest absolute Gasteiger partial charge is 0.370 e. The van der Waals surface area contributed by atoms with Crippen LogP contribution < -0.4 is 0 Å². The highest BCUT2D eigenvalue weighted by Crippen LogP contribution is 2.25. The first kappa shape index (κ1) is 16.8. The first-order chi connectivity index (χ1) is 12.7. The number of carbonyl (C=O) groups excluding carboxylic acids is 1. The van der Waals surface area contributed by atoms with Gasteiger partial charge in [0, 0.05) is 17.1 Å². The number of aromatic amines is 1. The van der Waals surface area contributed by atoms with Crippen molar-refractivity contribution < 1.29 is 9.53 Å². The molecule has 1 atom stereocenters. The van der Waals surface area contributed by atoms with Crippen molar-refractivity contribution in [3.05, 3.63) is 76.9 Å². The molecule has 1 aromatic heterocycles. The molecule has 1 fully saturated rings. The first-order valence-electron chi connectivity index (χ1n) is 8.48. The number of halogens is 1. The maximum atomic E-state index is 12.9. The van der Waals surface area contributed by atoms with E-state index in [4.69, 9.17) is 16.3 Å². The number of nitrogens with one attached hydrogen (secondary N) is 1. The van der Waals surface area contributed by atoms with Gasteiger partial charge in [0.2, 0.25) is 0 Å². The van der Waals surface area contributed by atoms with Gasteiger partial charge in [-0.3, -0.25) is 9.89 Å². The summed E-state index contributed by atoms with van der Waals surface area (Å²) in [5, 5.41) is 7.82. The summed E-state index contributed by atoms with van der Waals surface area (Å²) >= 11 is 5.95. The molecule has 1 amide bonds. The summed E-state index contributed by atoms with van der Waals surface area (Å²) in [6, 6.07) is 19.1. The van der Waals surface area contributed by atoms with E-state index < -0.39 is 0 Å². The van der Waals surface area contributed by atoms with Crippen LogP contribution in [0.5, 0.6) is 0 Å². The zero-order valence-corrected chi connectivity index (χ0v) is 14.8. The second-order valence-electron chi connectivity index (χ2n) is 6.20. The van der Waals surface area contributed by atoms with Gasteiger partial charge in [0.05, 0.1) is 18.8 Å². The Hall–Kier alpha value is -2.63. The van der Waals surface area contributed by atoms with Crippen LogP contribution in [0, 0.1) is 0 Å². The van der Waals surface area contributed by atoms with Gasteiger partial charge in [-0.15, -0.1) is 0 Å². The molecule has 3 aromatic rings. The monoisotopic (exact) mass is 367 g/mol. The van der Waals surface area contributed by atoms with Crippen molar-refractivity contribution in [2.45, 2.75) is 6.10 Å². The summed E-state index contributed by atoms with van der Waals surface area (Å²) in [7, 11) is 0. The predicted molar refractivity (Wildman–Crippen MR) is 100 cm³/mol. The minimum atomic E-state index is -0.151. The molecule has 0 spiro atoms. The molecule has 1 aliphatic heterocycles. The minimum absolute atomic E-state index is 0.0676. The predicted octanol–water partition coefficient (Wildman–Crippen LogP) is 3.94. The Morgan fingerprint density at radius 1 is 1.15 bits per heavy atom. The third-order valence-electron chi connectivity index (χ3n) is 4.47. The number of benzene rings is 2. The van der Waals surface area contributed by atoms with Gasteiger partial charge in [0.25, 0.3) is 5.91 Å². The van der Waals surface area contributed by atoms with E-state index >= 15 is 0 Å². The molecule has 2 heterocycles. The summed E-state index contributed by atoms with van der Waals surface area (Å²) in [6.07, 6.45) is -0.151. The lowest BCUT2D eigenvalue weighted by atomic mass is 10.1. The summed E-state index contributed by atoms with van der Waals surface area (Å²) < 4.78 is 5.83. The molecule has 0 aliphatic carbocycles. The quantitative estimate of drug-likeness (QED) is 0.762. The average Bonchev–Trinajstić information content (AvgIpc) is 3.19. The van der Waals surface area contributed by atoms with Crippen molar-refractivity contribution in [2.75, 3.05) is 19.7 Å². The van der Waals surface area contributed by atoms with E-state index in [-0.39, 0.29) is 12.0 Å². The molecule has 26 heavy (non-hydrogen) atoms. The van der Waals surface area contributed by atoms with Crippen LogP contribution in [-0.4, -0.2) is 40.7 Å². The lowest BCUT2D eigenvalue weighted by Gasteiger charge is -2.33. The fraction of sp³-hybridized carbons (Fsp3) is 0.200. The van der Waals surface area contributed by atoms with Crippen molar-refractivity contribution >= 4 is 17.5 Å². The number of nitrogens with zero attached hydrogens (tertiary/aromatic N) is 2. The summed E-state index contributed by atoms with van der Waals surface area (Å²) in [5.74, 6) is -0.0676. The molecule has 0 saturated carbocycles. The third kappa shape index (κ3) is 3.49. The minimum Gasteiger partial charge on any atom is -0.370 e. The molecular formula is C20H18ClN3O2. The topological polar surface area (TPSA) is 58.2 Å². The molecule has 1 N–H and O–H groups in total. The van der Waals surface area contributed by atoms with Crippen LogP contribution in [-0.2, 0) is 4.74 Å². The average molecular weight is 368 g/mol. The smallest absolute Gasteiger partial charge is 0.272 e. The maximum Gasteiger partial charge on any atom is 0.272 e. The van der Waals surface area contributed by atoms with Crippen LogP contribution in [0.3, 0.4) is 0 Å². The Kier molecular flexibility index (Phi) is 4.73. The highest BCUT2D eigenvalue weighted by Gasteiger charge is 2.27. The van der Waals surface area contributed by atoms with Gasteiger partial charge in [-0.1, -0.05) is 54.1 Å². The standard InChI is InChI=1S/C20H18ClN3O2/c21-16-8-6-15(7-9-16)19-13-24(10-11-26-19)20(25)18-12-17(22-23-18)14-4-2-1-3-5-14/h1-9,12,19H,10-11,13H2,(H,22,23). The van der Waals surface area contributed by atoms with Gasteiger partial charge in [-0.2, -0.15) is 5.10 Å². The zero-order chi connectivity index (χ0) is 17.9. The van der Waals surface area contributed by atoms with Crippen LogP contribution in [0.15, 0.2) is 60.7 Å². The Labute approximate surface area is 156 Å². The SMILES string of the molecule is O=C(c1cc(-c2ccccc2)n[nH]1)N1CCOC(c2ccc(Cl)cc2)C1. The van der Waals surface area contributed by atoms with Gasteiger partial charge in [-0.05, 0) is 23.8 Å². The molecule has 6 heteroatoms. The molecule has 2 aromatic carbocycles. The molecule has 1 unspecified atom stereocenters. The second kappa shape index (κ2) is 7.32. The number of amides is 1. The molecule has 4 rings (SSSR count). The number of H-pyrrole nitrogens is 1. The summed E-state index contributed by atoms with van der Waals surface area (Å²) in [5.41, 5.74) is 3.24. The Balaban J connectivity index is 1.49. The van der Waals surface area contributed by atoms with Gasteiger partial charge in [0.1, 0.15) is 11.8 Å². The van der Waals surface area contributed by atoms with Crippen LogP contribution in [0.4, 0.5) is 0 Å². The molecule has 0 radical (unpaired) electrons. The van der Waals surface area contributed by atoms with Crippen LogP contribution in [0.1, 0.15) is 22.2 Å². The van der Waals surface area contributed by atoms with E-state index in [0.29, 0.717) is 30.4 Å². The summed E-state index contributed by atoms with van der Waals surface area (Å²) in [4.78, 5) is 14.7. The highest BCUT2D eigenvalue weighted by atomic mass is 35.5. The number of ether oxygens (including phenoxy) is 1. The Morgan fingerprint density at radius 2 is 1.92 bits per heavy atom. The van der Waals surface area contributed by atoms with Crippen LogP contribution in [0.2, 0.25) is 5.02 Å². The number of hydrogen-bond donors (Lipinski definition) is 1. The number of rotatable bonds is 3. The lowest BCUT2D eigenvalue weighted by Crippen LogP contribution is -2.42. The van der Waals surface area contributed by atoms with E-state index in [1.165, 1.54) is 0 Å².